The normalized spacial score (nSPS) is 10.0. The molecule has 0 saturated heterocycles. The van der Waals surface area contributed by atoms with Crippen molar-refractivity contribution in [3.05, 3.63) is 47.8 Å². The van der Waals surface area contributed by atoms with Gasteiger partial charge in [0.05, 0.1) is 31.2 Å². The van der Waals surface area contributed by atoms with Crippen molar-refractivity contribution in [2.45, 2.75) is 0 Å². The van der Waals surface area contributed by atoms with Crippen LogP contribution < -0.4 is 15.8 Å². The highest BCUT2D eigenvalue weighted by atomic mass is 19.1. The predicted molar refractivity (Wildman–Crippen MR) is 78.4 cm³/mol. The summed E-state index contributed by atoms with van der Waals surface area (Å²) in [5.74, 6) is -0.657. The number of ether oxygens (including phenoxy) is 2. The fraction of sp³-hybridized carbons (Fsp3) is 0.133. The van der Waals surface area contributed by atoms with Crippen LogP contribution in [0.1, 0.15) is 10.4 Å². The molecule has 0 fully saturated rings. The summed E-state index contributed by atoms with van der Waals surface area (Å²) in [4.78, 5) is 11.6. The molecule has 21 heavy (non-hydrogen) atoms. The van der Waals surface area contributed by atoms with E-state index in [0.29, 0.717) is 11.4 Å². The Kier molecular flexibility index (Phi) is 4.27. The van der Waals surface area contributed by atoms with Gasteiger partial charge in [0.2, 0.25) is 0 Å². The van der Waals surface area contributed by atoms with Gasteiger partial charge in [-0.25, -0.2) is 9.18 Å². The molecule has 0 aliphatic rings. The molecule has 0 saturated carbocycles. The molecule has 0 unspecified atom stereocenters. The molecule has 0 atom stereocenters. The lowest BCUT2D eigenvalue weighted by atomic mass is 10.1. The van der Waals surface area contributed by atoms with Gasteiger partial charge in [0.15, 0.2) is 0 Å². The highest BCUT2D eigenvalue weighted by Gasteiger charge is 2.15. The van der Waals surface area contributed by atoms with Crippen LogP contribution in [0.25, 0.3) is 0 Å². The van der Waals surface area contributed by atoms with Crippen LogP contribution in [0.2, 0.25) is 0 Å². The highest BCUT2D eigenvalue weighted by Crippen LogP contribution is 2.30. The van der Waals surface area contributed by atoms with E-state index in [1.54, 1.807) is 24.3 Å². The fourth-order valence-corrected chi connectivity index (χ4v) is 1.86. The second-order valence-electron chi connectivity index (χ2n) is 4.24. The molecule has 0 amide bonds. The van der Waals surface area contributed by atoms with Crippen molar-refractivity contribution in [3.63, 3.8) is 0 Å². The van der Waals surface area contributed by atoms with Crippen molar-refractivity contribution in [1.29, 1.82) is 0 Å². The number of halogens is 1. The standard InChI is InChI=1S/C15H15FN2O3/c1-20-14-6-4-3-5-12(14)18-13-7-9(15(19)21-2)11(17)8-10(13)16/h3-8,18H,17H2,1-2H3. The van der Waals surface area contributed by atoms with Crippen molar-refractivity contribution >= 4 is 23.0 Å². The Balaban J connectivity index is 2.42. The fourth-order valence-electron chi connectivity index (χ4n) is 1.86. The molecule has 0 heterocycles. The molecule has 5 nitrogen and oxygen atoms in total. The number of esters is 1. The highest BCUT2D eigenvalue weighted by molar-refractivity contribution is 5.96. The van der Waals surface area contributed by atoms with Crippen LogP contribution in [-0.4, -0.2) is 20.2 Å². The maximum atomic E-state index is 14.0. The molecule has 2 aromatic carbocycles. The van der Waals surface area contributed by atoms with Crippen molar-refractivity contribution in [2.24, 2.45) is 0 Å². The first kappa shape index (κ1) is 14.6. The first-order valence-corrected chi connectivity index (χ1v) is 6.14. The number of nitrogens with one attached hydrogen (secondary N) is 1. The third-order valence-corrected chi connectivity index (χ3v) is 2.92. The number of carbonyl (C=O) groups excluding carboxylic acids is 1. The Hall–Kier alpha value is -2.76. The van der Waals surface area contributed by atoms with Gasteiger partial charge in [0.1, 0.15) is 11.6 Å². The van der Waals surface area contributed by atoms with Gasteiger partial charge >= 0.3 is 5.97 Å². The molecular formula is C15H15FN2O3. The molecule has 0 aliphatic heterocycles. The van der Waals surface area contributed by atoms with Gasteiger partial charge in [-0.05, 0) is 24.3 Å². The molecule has 0 aliphatic carbocycles. The van der Waals surface area contributed by atoms with Gasteiger partial charge < -0.3 is 20.5 Å². The number of para-hydroxylation sites is 2. The zero-order chi connectivity index (χ0) is 15.4. The summed E-state index contributed by atoms with van der Waals surface area (Å²) in [6.45, 7) is 0. The first-order valence-electron chi connectivity index (χ1n) is 6.14. The number of benzene rings is 2. The Morgan fingerprint density at radius 1 is 1.19 bits per heavy atom. The summed E-state index contributed by atoms with van der Waals surface area (Å²) in [5, 5.41) is 2.87. The molecule has 0 bridgehead atoms. The Morgan fingerprint density at radius 2 is 1.90 bits per heavy atom. The average molecular weight is 290 g/mol. The van der Waals surface area contributed by atoms with E-state index in [9.17, 15) is 9.18 Å². The van der Waals surface area contributed by atoms with Gasteiger partial charge in [-0.2, -0.15) is 0 Å². The van der Waals surface area contributed by atoms with E-state index in [1.807, 2.05) is 0 Å². The molecule has 0 spiro atoms. The van der Waals surface area contributed by atoms with E-state index < -0.39 is 11.8 Å². The van der Waals surface area contributed by atoms with E-state index in [1.165, 1.54) is 20.3 Å². The van der Waals surface area contributed by atoms with E-state index in [4.69, 9.17) is 10.5 Å². The van der Waals surface area contributed by atoms with Crippen LogP contribution in [0, 0.1) is 5.82 Å². The number of carbonyl (C=O) groups is 1. The third-order valence-electron chi connectivity index (χ3n) is 2.92. The van der Waals surface area contributed by atoms with Crippen molar-refractivity contribution in [1.82, 2.24) is 0 Å². The first-order chi connectivity index (χ1) is 10.1. The Labute approximate surface area is 121 Å². The Morgan fingerprint density at radius 3 is 2.57 bits per heavy atom. The van der Waals surface area contributed by atoms with E-state index >= 15 is 0 Å². The SMILES string of the molecule is COC(=O)c1cc(Nc2ccccc2OC)c(F)cc1N. The van der Waals surface area contributed by atoms with E-state index in [-0.39, 0.29) is 16.9 Å². The lowest BCUT2D eigenvalue weighted by Gasteiger charge is -2.13. The molecule has 0 radical (unpaired) electrons. The second-order valence-corrected chi connectivity index (χ2v) is 4.24. The number of nitrogen functional groups attached to an aromatic ring is 1. The number of rotatable bonds is 4. The summed E-state index contributed by atoms with van der Waals surface area (Å²) in [6, 6.07) is 9.42. The maximum Gasteiger partial charge on any atom is 0.340 e. The molecule has 0 aromatic heterocycles. The molecule has 110 valence electrons. The second kappa shape index (κ2) is 6.13. The zero-order valence-corrected chi connectivity index (χ0v) is 11.6. The molecule has 6 heteroatoms. The van der Waals surface area contributed by atoms with Crippen LogP contribution >= 0.6 is 0 Å². The zero-order valence-electron chi connectivity index (χ0n) is 11.6. The van der Waals surface area contributed by atoms with Crippen molar-refractivity contribution in [3.8, 4) is 5.75 Å². The van der Waals surface area contributed by atoms with Gasteiger partial charge in [-0.3, -0.25) is 0 Å². The minimum atomic E-state index is -0.629. The van der Waals surface area contributed by atoms with Crippen LogP contribution in [0.3, 0.4) is 0 Å². The lowest BCUT2D eigenvalue weighted by molar-refractivity contribution is 0.0602. The quantitative estimate of drug-likeness (QED) is 0.669. The van der Waals surface area contributed by atoms with Gasteiger partial charge in [-0.15, -0.1) is 0 Å². The number of hydrogen-bond donors (Lipinski definition) is 2. The molecule has 2 rings (SSSR count). The smallest absolute Gasteiger partial charge is 0.340 e. The van der Waals surface area contributed by atoms with E-state index in [2.05, 4.69) is 10.1 Å². The molecule has 3 N–H and O–H groups in total. The van der Waals surface area contributed by atoms with Gasteiger partial charge in [0.25, 0.3) is 0 Å². The number of nitrogens with two attached hydrogens (primary N) is 1. The summed E-state index contributed by atoms with van der Waals surface area (Å²) in [7, 11) is 2.75. The summed E-state index contributed by atoms with van der Waals surface area (Å²) in [6.07, 6.45) is 0. The minimum absolute atomic E-state index is 0.0185. The van der Waals surface area contributed by atoms with Crippen molar-refractivity contribution in [2.75, 3.05) is 25.3 Å². The van der Waals surface area contributed by atoms with Gasteiger partial charge in [-0.1, -0.05) is 12.1 Å². The number of methoxy groups -OCH3 is 2. The summed E-state index contributed by atoms with van der Waals surface area (Å²) >= 11 is 0. The largest absolute Gasteiger partial charge is 0.495 e. The van der Waals surface area contributed by atoms with E-state index in [0.717, 1.165) is 6.07 Å². The molecule has 2 aromatic rings. The topological polar surface area (TPSA) is 73.6 Å². The number of anilines is 3. The van der Waals surface area contributed by atoms with Crippen LogP contribution in [0.15, 0.2) is 36.4 Å². The summed E-state index contributed by atoms with van der Waals surface area (Å²) in [5.41, 5.74) is 6.41. The Bertz CT molecular complexity index is 674. The third kappa shape index (κ3) is 3.05. The monoisotopic (exact) mass is 290 g/mol. The lowest BCUT2D eigenvalue weighted by Crippen LogP contribution is -2.08. The molecular weight excluding hydrogens is 275 g/mol. The summed E-state index contributed by atoms with van der Waals surface area (Å²) < 4.78 is 23.8. The van der Waals surface area contributed by atoms with Crippen LogP contribution in [0.5, 0.6) is 5.75 Å². The predicted octanol–water partition coefficient (Wildman–Crippen LogP) is 2.95. The minimum Gasteiger partial charge on any atom is -0.495 e. The van der Waals surface area contributed by atoms with Gasteiger partial charge in [0, 0.05) is 5.69 Å². The number of hydrogen-bond acceptors (Lipinski definition) is 5. The van der Waals surface area contributed by atoms with Crippen LogP contribution in [-0.2, 0) is 4.74 Å². The van der Waals surface area contributed by atoms with Crippen LogP contribution in [0.4, 0.5) is 21.5 Å². The average Bonchev–Trinajstić information content (AvgIpc) is 2.49. The maximum absolute atomic E-state index is 14.0. The van der Waals surface area contributed by atoms with Crippen molar-refractivity contribution < 1.29 is 18.7 Å².